The Kier molecular flexibility index (Phi) is 3.43. The van der Waals surface area contributed by atoms with Gasteiger partial charge in [-0.15, -0.1) is 0 Å². The fourth-order valence-corrected chi connectivity index (χ4v) is 4.51. The molecule has 0 fully saturated rings. The van der Waals surface area contributed by atoms with Crippen LogP contribution in [-0.4, -0.2) is 13.4 Å². The van der Waals surface area contributed by atoms with Crippen molar-refractivity contribution < 1.29 is 8.42 Å². The molecule has 0 aliphatic carbocycles. The summed E-state index contributed by atoms with van der Waals surface area (Å²) in [7, 11) is -3.62. The second-order valence-corrected chi connectivity index (χ2v) is 7.54. The number of para-hydroxylation sites is 1. The van der Waals surface area contributed by atoms with Crippen LogP contribution < -0.4 is 4.72 Å². The van der Waals surface area contributed by atoms with Gasteiger partial charge in [-0.05, 0) is 43.2 Å². The molecule has 0 atom stereocenters. The summed E-state index contributed by atoms with van der Waals surface area (Å²) in [4.78, 5) is 4.60. The van der Waals surface area contributed by atoms with Crippen LogP contribution in [0, 0.1) is 13.8 Å². The quantitative estimate of drug-likeness (QED) is 0.801. The second-order valence-electron chi connectivity index (χ2n) is 4.86. The number of thiazole rings is 1. The van der Waals surface area contributed by atoms with Crippen LogP contribution >= 0.6 is 11.3 Å². The molecule has 21 heavy (non-hydrogen) atoms. The molecule has 0 spiro atoms. The Morgan fingerprint density at radius 2 is 1.86 bits per heavy atom. The summed E-state index contributed by atoms with van der Waals surface area (Å²) in [6.45, 7) is 3.66. The highest BCUT2D eigenvalue weighted by Crippen LogP contribution is 2.28. The number of benzene rings is 2. The summed E-state index contributed by atoms with van der Waals surface area (Å²) >= 11 is 1.33. The molecule has 1 heterocycles. The Balaban J connectivity index is 2.01. The zero-order chi connectivity index (χ0) is 15.0. The van der Waals surface area contributed by atoms with Crippen molar-refractivity contribution in [1.82, 2.24) is 4.98 Å². The first-order valence-corrected chi connectivity index (χ1v) is 8.71. The largest absolute Gasteiger partial charge is 0.263 e. The molecule has 6 heteroatoms. The highest BCUT2D eigenvalue weighted by molar-refractivity contribution is 7.93. The molecule has 0 unspecified atom stereocenters. The van der Waals surface area contributed by atoms with Gasteiger partial charge in [0.2, 0.25) is 0 Å². The number of aryl methyl sites for hydroxylation is 2. The lowest BCUT2D eigenvalue weighted by molar-refractivity contribution is 0.600. The van der Waals surface area contributed by atoms with Gasteiger partial charge in [-0.25, -0.2) is 13.4 Å². The lowest BCUT2D eigenvalue weighted by Gasteiger charge is -2.08. The van der Waals surface area contributed by atoms with E-state index in [1.165, 1.54) is 11.3 Å². The molecule has 0 saturated heterocycles. The van der Waals surface area contributed by atoms with Gasteiger partial charge in [0, 0.05) is 0 Å². The minimum absolute atomic E-state index is 0.293. The minimum atomic E-state index is -3.62. The van der Waals surface area contributed by atoms with Crippen molar-refractivity contribution in [2.24, 2.45) is 0 Å². The van der Waals surface area contributed by atoms with Gasteiger partial charge < -0.3 is 0 Å². The third kappa shape index (κ3) is 2.77. The third-order valence-electron chi connectivity index (χ3n) is 3.15. The van der Waals surface area contributed by atoms with Crippen LogP contribution in [0.4, 0.5) is 5.13 Å². The van der Waals surface area contributed by atoms with Crippen LogP contribution in [0.3, 0.4) is 0 Å². The summed E-state index contributed by atoms with van der Waals surface area (Å²) in [6.07, 6.45) is 0. The van der Waals surface area contributed by atoms with E-state index in [4.69, 9.17) is 0 Å². The molecular weight excluding hydrogens is 304 g/mol. The number of hydrogen-bond donors (Lipinski definition) is 1. The molecule has 3 rings (SSSR count). The van der Waals surface area contributed by atoms with E-state index in [0.717, 1.165) is 15.8 Å². The predicted octanol–water partition coefficient (Wildman–Crippen LogP) is 3.71. The maximum atomic E-state index is 12.5. The van der Waals surface area contributed by atoms with Crippen LogP contribution in [0.15, 0.2) is 47.4 Å². The SMILES string of the molecule is Cc1ccc(C)c(S(=O)(=O)Nc2nc3ccccc3s2)c1. The van der Waals surface area contributed by atoms with Gasteiger partial charge in [0.1, 0.15) is 0 Å². The van der Waals surface area contributed by atoms with Crippen molar-refractivity contribution in [2.75, 3.05) is 4.72 Å². The number of sulfonamides is 1. The van der Waals surface area contributed by atoms with Crippen LogP contribution in [0.2, 0.25) is 0 Å². The monoisotopic (exact) mass is 318 g/mol. The van der Waals surface area contributed by atoms with Crippen molar-refractivity contribution in [3.8, 4) is 0 Å². The fraction of sp³-hybridized carbons (Fsp3) is 0.133. The van der Waals surface area contributed by atoms with E-state index in [0.29, 0.717) is 15.6 Å². The van der Waals surface area contributed by atoms with Crippen molar-refractivity contribution in [3.63, 3.8) is 0 Å². The lowest BCUT2D eigenvalue weighted by Crippen LogP contribution is -2.14. The van der Waals surface area contributed by atoms with E-state index in [9.17, 15) is 8.42 Å². The molecule has 1 N–H and O–H groups in total. The molecule has 2 aromatic carbocycles. The summed E-state index contributed by atoms with van der Waals surface area (Å²) < 4.78 is 28.5. The molecule has 0 aliphatic rings. The lowest BCUT2D eigenvalue weighted by atomic mass is 10.2. The highest BCUT2D eigenvalue weighted by Gasteiger charge is 2.18. The van der Waals surface area contributed by atoms with E-state index in [1.807, 2.05) is 43.3 Å². The van der Waals surface area contributed by atoms with E-state index in [2.05, 4.69) is 9.71 Å². The zero-order valence-corrected chi connectivity index (χ0v) is 13.3. The van der Waals surface area contributed by atoms with Crippen LogP contribution in [0.5, 0.6) is 0 Å². The average Bonchev–Trinajstić information content (AvgIpc) is 2.82. The Labute approximate surface area is 127 Å². The van der Waals surface area contributed by atoms with Gasteiger partial charge in [-0.1, -0.05) is 35.6 Å². The van der Waals surface area contributed by atoms with Crippen molar-refractivity contribution in [3.05, 3.63) is 53.6 Å². The topological polar surface area (TPSA) is 59.1 Å². The molecule has 108 valence electrons. The summed E-state index contributed by atoms with van der Waals surface area (Å²) in [5.41, 5.74) is 2.42. The Morgan fingerprint density at radius 1 is 1.10 bits per heavy atom. The van der Waals surface area contributed by atoms with Crippen molar-refractivity contribution in [2.45, 2.75) is 18.7 Å². The van der Waals surface area contributed by atoms with E-state index >= 15 is 0 Å². The molecule has 0 radical (unpaired) electrons. The van der Waals surface area contributed by atoms with Crippen LogP contribution in [0.25, 0.3) is 10.2 Å². The molecule has 0 aliphatic heterocycles. The first-order valence-electron chi connectivity index (χ1n) is 6.41. The molecule has 3 aromatic rings. The second kappa shape index (κ2) is 5.13. The number of fused-ring (bicyclic) bond motifs is 1. The van der Waals surface area contributed by atoms with Gasteiger partial charge in [-0.3, -0.25) is 4.72 Å². The predicted molar refractivity (Wildman–Crippen MR) is 86.3 cm³/mol. The highest BCUT2D eigenvalue weighted by atomic mass is 32.2. The van der Waals surface area contributed by atoms with Gasteiger partial charge in [0.15, 0.2) is 5.13 Å². The third-order valence-corrected chi connectivity index (χ3v) is 5.71. The van der Waals surface area contributed by atoms with Gasteiger partial charge >= 0.3 is 0 Å². The standard InChI is InChI=1S/C15H14N2O2S2/c1-10-7-8-11(2)14(9-10)21(18,19)17-15-16-12-5-3-4-6-13(12)20-15/h3-9H,1-2H3,(H,16,17). The number of aromatic nitrogens is 1. The molecule has 0 bridgehead atoms. The number of anilines is 1. The van der Waals surface area contributed by atoms with E-state index < -0.39 is 10.0 Å². The summed E-state index contributed by atoms with van der Waals surface area (Å²) in [5.74, 6) is 0. The normalized spacial score (nSPS) is 11.7. The zero-order valence-electron chi connectivity index (χ0n) is 11.6. The van der Waals surface area contributed by atoms with Crippen LogP contribution in [0.1, 0.15) is 11.1 Å². The molecule has 1 aromatic heterocycles. The molecule has 4 nitrogen and oxygen atoms in total. The molecule has 0 saturated carbocycles. The molecular formula is C15H14N2O2S2. The maximum Gasteiger partial charge on any atom is 0.263 e. The fourth-order valence-electron chi connectivity index (χ4n) is 2.08. The number of nitrogens with one attached hydrogen (secondary N) is 1. The Bertz CT molecular complexity index is 881. The van der Waals surface area contributed by atoms with Gasteiger partial charge in [0.25, 0.3) is 10.0 Å². The van der Waals surface area contributed by atoms with Crippen LogP contribution in [-0.2, 0) is 10.0 Å². The number of rotatable bonds is 3. The Morgan fingerprint density at radius 3 is 2.62 bits per heavy atom. The maximum absolute atomic E-state index is 12.5. The number of hydrogen-bond acceptors (Lipinski definition) is 4. The number of nitrogens with zero attached hydrogens (tertiary/aromatic N) is 1. The summed E-state index contributed by atoms with van der Waals surface area (Å²) in [5, 5.41) is 0.386. The first-order chi connectivity index (χ1) is 9.95. The minimum Gasteiger partial charge on any atom is -0.255 e. The average molecular weight is 318 g/mol. The first kappa shape index (κ1) is 14.0. The molecule has 0 amide bonds. The smallest absolute Gasteiger partial charge is 0.255 e. The van der Waals surface area contributed by atoms with Crippen molar-refractivity contribution >= 4 is 36.7 Å². The van der Waals surface area contributed by atoms with E-state index in [1.54, 1.807) is 13.0 Å². The van der Waals surface area contributed by atoms with Crippen molar-refractivity contribution in [1.29, 1.82) is 0 Å². The van der Waals surface area contributed by atoms with Gasteiger partial charge in [0.05, 0.1) is 15.1 Å². The Hall–Kier alpha value is -1.92. The summed E-state index contributed by atoms with van der Waals surface area (Å²) in [6, 6.07) is 12.9. The van der Waals surface area contributed by atoms with Gasteiger partial charge in [-0.2, -0.15) is 0 Å². The van der Waals surface area contributed by atoms with E-state index in [-0.39, 0.29) is 0 Å².